The van der Waals surface area contributed by atoms with E-state index in [1.54, 1.807) is 24.3 Å². The molecule has 0 heterocycles. The summed E-state index contributed by atoms with van der Waals surface area (Å²) in [5.74, 6) is -0.544. The van der Waals surface area contributed by atoms with Crippen molar-refractivity contribution in [1.82, 2.24) is 0 Å². The van der Waals surface area contributed by atoms with Gasteiger partial charge in [-0.3, -0.25) is 9.59 Å². The van der Waals surface area contributed by atoms with Gasteiger partial charge in [-0.1, -0.05) is 48.5 Å². The average Bonchev–Trinajstić information content (AvgIpc) is 2.85. The number of carbonyl (C=O) groups excluding carboxylic acids is 2. The highest BCUT2D eigenvalue weighted by atomic mass is 16.2. The van der Waals surface area contributed by atoms with Crippen LogP contribution in [0.3, 0.4) is 0 Å². The van der Waals surface area contributed by atoms with E-state index in [0.717, 1.165) is 21.5 Å². The van der Waals surface area contributed by atoms with Crippen molar-refractivity contribution >= 4 is 56.1 Å². The molecule has 0 aliphatic carbocycles. The first-order valence-electron chi connectivity index (χ1n) is 10.8. The van der Waals surface area contributed by atoms with E-state index in [4.69, 9.17) is 11.5 Å². The predicted molar refractivity (Wildman–Crippen MR) is 139 cm³/mol. The summed E-state index contributed by atoms with van der Waals surface area (Å²) in [4.78, 5) is 25.7. The number of nitrogen functional groups attached to an aromatic ring is 2. The lowest BCUT2D eigenvalue weighted by atomic mass is 10.1. The molecule has 0 saturated heterocycles. The number of amides is 2. The van der Waals surface area contributed by atoms with Crippen LogP contribution in [0.15, 0.2) is 97.1 Å². The number of carbonyl (C=O) groups is 2. The van der Waals surface area contributed by atoms with Crippen molar-refractivity contribution in [3.8, 4) is 0 Å². The van der Waals surface area contributed by atoms with Gasteiger partial charge in [-0.15, -0.1) is 0 Å². The number of benzene rings is 5. The summed E-state index contributed by atoms with van der Waals surface area (Å²) in [5, 5.41) is 9.35. The Bertz CT molecular complexity index is 1440. The largest absolute Gasteiger partial charge is 0.398 e. The highest BCUT2D eigenvalue weighted by Crippen LogP contribution is 2.29. The van der Waals surface area contributed by atoms with Gasteiger partial charge < -0.3 is 22.1 Å². The molecule has 5 aromatic rings. The third kappa shape index (κ3) is 3.89. The topological polar surface area (TPSA) is 110 Å². The molecule has 0 saturated carbocycles. The van der Waals surface area contributed by atoms with Gasteiger partial charge in [0.05, 0.1) is 0 Å². The van der Waals surface area contributed by atoms with Crippen LogP contribution in [0.4, 0.5) is 22.7 Å². The maximum Gasteiger partial charge on any atom is 0.255 e. The molecule has 0 bridgehead atoms. The van der Waals surface area contributed by atoms with Gasteiger partial charge in [0.1, 0.15) is 0 Å². The van der Waals surface area contributed by atoms with Crippen LogP contribution in [0.5, 0.6) is 0 Å². The lowest BCUT2D eigenvalue weighted by Gasteiger charge is -2.11. The van der Waals surface area contributed by atoms with E-state index in [9.17, 15) is 9.59 Å². The van der Waals surface area contributed by atoms with E-state index >= 15 is 0 Å². The molecule has 0 spiro atoms. The molecule has 0 aliphatic rings. The van der Waals surface area contributed by atoms with Crippen LogP contribution in [0.25, 0.3) is 21.5 Å². The van der Waals surface area contributed by atoms with E-state index in [2.05, 4.69) is 10.6 Å². The van der Waals surface area contributed by atoms with E-state index in [1.165, 1.54) is 0 Å². The average molecular weight is 447 g/mol. The first-order valence-corrected chi connectivity index (χ1v) is 10.8. The molecule has 0 fully saturated rings. The van der Waals surface area contributed by atoms with Crippen molar-refractivity contribution in [1.29, 1.82) is 0 Å². The van der Waals surface area contributed by atoms with Crippen molar-refractivity contribution in [2.75, 3.05) is 22.1 Å². The second kappa shape index (κ2) is 8.60. The maximum atomic E-state index is 12.8. The zero-order valence-corrected chi connectivity index (χ0v) is 18.2. The van der Waals surface area contributed by atoms with Gasteiger partial charge in [0.2, 0.25) is 0 Å². The van der Waals surface area contributed by atoms with Gasteiger partial charge in [0.25, 0.3) is 11.8 Å². The molecule has 0 atom stereocenters. The van der Waals surface area contributed by atoms with Crippen LogP contribution in [0.2, 0.25) is 0 Å². The minimum atomic E-state index is -0.272. The second-order valence-electron chi connectivity index (χ2n) is 7.98. The van der Waals surface area contributed by atoms with Crippen molar-refractivity contribution in [2.45, 2.75) is 0 Å². The Labute approximate surface area is 196 Å². The second-order valence-corrected chi connectivity index (χ2v) is 7.98. The standard InChI is InChI=1S/C28H22N4O2/c29-23-9-1-7-21-19(23)5-3-11-25(21)31-27(33)17-13-15-18(16-14-17)28(34)32-26-12-4-6-20-22(26)8-2-10-24(20)30/h1-16H,29-30H2,(H,31,33)(H,32,34). The van der Waals surface area contributed by atoms with E-state index in [-0.39, 0.29) is 11.8 Å². The number of anilines is 4. The molecule has 0 aromatic heterocycles. The van der Waals surface area contributed by atoms with Gasteiger partial charge in [-0.05, 0) is 48.5 Å². The molecule has 0 radical (unpaired) electrons. The fraction of sp³-hybridized carbons (Fsp3) is 0. The zero-order chi connectivity index (χ0) is 23.7. The Hall–Kier alpha value is -4.84. The molecule has 34 heavy (non-hydrogen) atoms. The first-order chi connectivity index (χ1) is 16.5. The van der Waals surface area contributed by atoms with Crippen molar-refractivity contribution in [3.05, 3.63) is 108 Å². The number of rotatable bonds is 4. The van der Waals surface area contributed by atoms with E-state index < -0.39 is 0 Å². The Balaban J connectivity index is 1.34. The number of nitrogens with two attached hydrogens (primary N) is 2. The molecule has 6 heteroatoms. The minimum absolute atomic E-state index is 0.272. The molecule has 5 aromatic carbocycles. The van der Waals surface area contributed by atoms with Crippen LogP contribution >= 0.6 is 0 Å². The summed E-state index contributed by atoms with van der Waals surface area (Å²) in [6, 6.07) is 28.9. The van der Waals surface area contributed by atoms with Crippen LogP contribution < -0.4 is 22.1 Å². The summed E-state index contributed by atoms with van der Waals surface area (Å²) in [6.45, 7) is 0. The van der Waals surface area contributed by atoms with Gasteiger partial charge in [-0.2, -0.15) is 0 Å². The highest BCUT2D eigenvalue weighted by molar-refractivity contribution is 6.13. The summed E-state index contributed by atoms with van der Waals surface area (Å²) in [7, 11) is 0. The Kier molecular flexibility index (Phi) is 5.32. The Morgan fingerprint density at radius 3 is 1.24 bits per heavy atom. The third-order valence-corrected chi connectivity index (χ3v) is 5.82. The Morgan fingerprint density at radius 1 is 0.471 bits per heavy atom. The summed E-state index contributed by atoms with van der Waals surface area (Å²) in [6.07, 6.45) is 0. The number of nitrogens with one attached hydrogen (secondary N) is 2. The lowest BCUT2D eigenvalue weighted by Crippen LogP contribution is -2.14. The SMILES string of the molecule is Nc1cccc2c(NC(=O)c3ccc(C(=O)Nc4cccc5c(N)cccc45)cc3)cccc12. The monoisotopic (exact) mass is 446 g/mol. The summed E-state index contributed by atoms with van der Waals surface area (Å²) < 4.78 is 0. The van der Waals surface area contributed by atoms with Crippen LogP contribution in [0.1, 0.15) is 20.7 Å². The zero-order valence-electron chi connectivity index (χ0n) is 18.2. The van der Waals surface area contributed by atoms with Crippen LogP contribution in [-0.4, -0.2) is 11.8 Å². The molecular weight excluding hydrogens is 424 g/mol. The van der Waals surface area contributed by atoms with Crippen molar-refractivity contribution in [2.24, 2.45) is 0 Å². The molecule has 166 valence electrons. The van der Waals surface area contributed by atoms with Gasteiger partial charge >= 0.3 is 0 Å². The summed E-state index contributed by atoms with van der Waals surface area (Å²) in [5.41, 5.74) is 15.6. The summed E-state index contributed by atoms with van der Waals surface area (Å²) >= 11 is 0. The molecule has 6 nitrogen and oxygen atoms in total. The quantitative estimate of drug-likeness (QED) is 0.267. The molecule has 5 rings (SSSR count). The van der Waals surface area contributed by atoms with Crippen LogP contribution in [0, 0.1) is 0 Å². The fourth-order valence-electron chi connectivity index (χ4n) is 4.05. The number of hydrogen-bond acceptors (Lipinski definition) is 4. The molecule has 6 N–H and O–H groups in total. The smallest absolute Gasteiger partial charge is 0.255 e. The molecule has 2 amide bonds. The van der Waals surface area contributed by atoms with Crippen LogP contribution in [-0.2, 0) is 0 Å². The Morgan fingerprint density at radius 2 is 0.824 bits per heavy atom. The maximum absolute atomic E-state index is 12.8. The third-order valence-electron chi connectivity index (χ3n) is 5.82. The van der Waals surface area contributed by atoms with Gasteiger partial charge in [0.15, 0.2) is 0 Å². The van der Waals surface area contributed by atoms with Gasteiger partial charge in [-0.25, -0.2) is 0 Å². The lowest BCUT2D eigenvalue weighted by molar-refractivity contribution is 0.101. The fourth-order valence-corrected chi connectivity index (χ4v) is 4.05. The number of hydrogen-bond donors (Lipinski definition) is 4. The number of fused-ring (bicyclic) bond motifs is 2. The highest BCUT2D eigenvalue weighted by Gasteiger charge is 2.13. The van der Waals surface area contributed by atoms with Gasteiger partial charge in [0, 0.05) is 55.4 Å². The van der Waals surface area contributed by atoms with E-state index in [0.29, 0.717) is 33.9 Å². The normalized spacial score (nSPS) is 10.8. The molecule has 0 unspecified atom stereocenters. The first kappa shape index (κ1) is 21.0. The minimum Gasteiger partial charge on any atom is -0.398 e. The van der Waals surface area contributed by atoms with Crippen molar-refractivity contribution < 1.29 is 9.59 Å². The van der Waals surface area contributed by atoms with Crippen molar-refractivity contribution in [3.63, 3.8) is 0 Å². The van der Waals surface area contributed by atoms with E-state index in [1.807, 2.05) is 72.8 Å². The molecule has 0 aliphatic heterocycles. The molecular formula is C28H22N4O2. The predicted octanol–water partition coefficient (Wildman–Crippen LogP) is 5.66.